The van der Waals surface area contributed by atoms with Crippen LogP contribution in [0.25, 0.3) is 0 Å². The number of hydrogen-bond donors (Lipinski definition) is 3. The summed E-state index contributed by atoms with van der Waals surface area (Å²) in [6, 6.07) is -1.30. The number of carbonyl (C=O) groups excluding carboxylic acids is 6. The Kier molecular flexibility index (Phi) is 73.5. The Morgan fingerprint density at radius 3 is 0.930 bits per heavy atom. The average Bonchev–Trinajstić information content (AvgIpc) is 0.787. The van der Waals surface area contributed by atoms with Crippen molar-refractivity contribution < 1.29 is 66.7 Å². The molecule has 678 valence electrons. The van der Waals surface area contributed by atoms with Crippen molar-refractivity contribution in [2.24, 2.45) is 0 Å². The van der Waals surface area contributed by atoms with E-state index in [1.54, 1.807) is 0 Å². The first-order valence-corrected chi connectivity index (χ1v) is 52.6. The van der Waals surface area contributed by atoms with Gasteiger partial charge in [-0.05, 0) is 75.9 Å². The summed E-state index contributed by atoms with van der Waals surface area (Å²) in [6.45, 7) is 23.9. The first kappa shape index (κ1) is 110. The highest BCUT2D eigenvalue weighted by atomic mass is 28.4. The number of ether oxygens (including phenoxy) is 6. The van der Waals surface area contributed by atoms with E-state index in [-0.39, 0.29) is 80.7 Å². The first-order chi connectivity index (χ1) is 55.7. The third-order valence-corrected chi connectivity index (χ3v) is 28.8. The van der Waals surface area contributed by atoms with Crippen molar-refractivity contribution in [1.82, 2.24) is 10.6 Å². The minimum absolute atomic E-state index is 0.00437. The summed E-state index contributed by atoms with van der Waals surface area (Å²) >= 11 is 0. The van der Waals surface area contributed by atoms with E-state index in [9.17, 15) is 29.1 Å². The fraction of sp³-hybridized carbons (Fsp3) is 0.939. The number of nitrogens with one attached hydrogen (secondary N) is 2. The Bertz CT molecular complexity index is 2270. The normalized spacial score (nSPS) is 16.6. The number of amides is 2. The molecule has 1 fully saturated rings. The summed E-state index contributed by atoms with van der Waals surface area (Å²) in [6.07, 6.45) is 63.1. The van der Waals surface area contributed by atoms with Gasteiger partial charge in [0.1, 0.15) is 36.6 Å². The van der Waals surface area contributed by atoms with Crippen molar-refractivity contribution in [1.29, 1.82) is 0 Å². The molecular weight excluding hydrogens is 1460 g/mol. The Hall–Kier alpha value is -3.12. The van der Waals surface area contributed by atoms with Gasteiger partial charge in [-0.1, -0.05) is 409 Å². The van der Waals surface area contributed by atoms with E-state index >= 15 is 4.79 Å². The fourth-order valence-corrected chi connectivity index (χ4v) is 16.7. The van der Waals surface area contributed by atoms with Crippen LogP contribution in [-0.4, -0.2) is 118 Å². The van der Waals surface area contributed by atoms with Crippen molar-refractivity contribution in [2.75, 3.05) is 19.8 Å². The highest BCUT2D eigenvalue weighted by Gasteiger charge is 2.50. The molecule has 0 bridgehead atoms. The predicted octanol–water partition coefficient (Wildman–Crippen LogP) is 27.4. The summed E-state index contributed by atoms with van der Waals surface area (Å²) in [7, 11) is -2.50. The smallest absolute Gasteiger partial charge is 0.310 e. The molecule has 0 aromatic carbocycles. The van der Waals surface area contributed by atoms with E-state index in [4.69, 9.17) is 32.8 Å². The van der Waals surface area contributed by atoms with Crippen molar-refractivity contribution in [3.63, 3.8) is 0 Å². The molecule has 17 heteroatoms. The number of aliphatic hydroxyl groups excluding tert-OH is 1. The van der Waals surface area contributed by atoms with E-state index in [2.05, 4.69) is 86.0 Å². The third kappa shape index (κ3) is 64.4. The molecule has 0 aromatic rings. The van der Waals surface area contributed by atoms with Gasteiger partial charge in [-0.15, -0.1) is 0 Å². The number of carbonyl (C=O) groups is 6. The van der Waals surface area contributed by atoms with Crippen LogP contribution in [0.15, 0.2) is 0 Å². The third-order valence-electron chi connectivity index (χ3n) is 24.3. The van der Waals surface area contributed by atoms with Gasteiger partial charge in [0.2, 0.25) is 11.8 Å². The maximum atomic E-state index is 15.1. The van der Waals surface area contributed by atoms with E-state index < -0.39 is 69.1 Å². The molecule has 115 heavy (non-hydrogen) atoms. The fourth-order valence-electron chi connectivity index (χ4n) is 15.7. The number of hydrogen-bond acceptors (Lipinski definition) is 14. The number of aliphatic hydroxyl groups is 1. The second-order valence-electron chi connectivity index (χ2n) is 36.5. The number of rotatable bonds is 84. The zero-order chi connectivity index (χ0) is 84.4. The molecule has 1 rings (SSSR count). The largest absolute Gasteiger partial charge is 0.462 e. The van der Waals surface area contributed by atoms with Crippen LogP contribution in [0.3, 0.4) is 0 Å². The Labute approximate surface area is 709 Å². The van der Waals surface area contributed by atoms with Crippen LogP contribution < -0.4 is 10.6 Å². The molecule has 1 saturated heterocycles. The standard InChI is InChI=1S/C98H188N2O14Si/c1-12-18-24-30-36-42-45-51-57-63-69-75-90(103)110-84(72-66-60-54-48-39-33-27-21-15-4)80-88(101)99-78-79-108-97-94(100-89(102)81-85(73-67-61-55-49-40-34-28-22-16-5)111-91(104)76-70-64-58-52-46-43-37-31-25-19-13-2)96(95(107)87(113-97)83-109-115(10,11)98(7,8)9)114-93(106)82-86(74-68-62-56-50-41-35-29-23-17-6)112-92(105)77-71-65-59-53-47-44-38-32-26-20-14-3/h84-87,94-97,107H,12-83H2,1-11H3,(H,99,101)(H,100,102)/t84-,85-,86-,87-,94-,95-,96-,97-/m1/s1. The maximum absolute atomic E-state index is 15.1. The molecule has 0 saturated carbocycles. The lowest BCUT2D eigenvalue weighted by Crippen LogP contribution is -2.66. The van der Waals surface area contributed by atoms with Crippen LogP contribution in [0.2, 0.25) is 18.1 Å². The summed E-state index contributed by atoms with van der Waals surface area (Å²) in [5.41, 5.74) is 0. The second kappa shape index (κ2) is 77.0. The highest BCUT2D eigenvalue weighted by Crippen LogP contribution is 2.38. The van der Waals surface area contributed by atoms with Crippen molar-refractivity contribution >= 4 is 44.0 Å². The second-order valence-corrected chi connectivity index (χ2v) is 41.3. The summed E-state index contributed by atoms with van der Waals surface area (Å²) < 4.78 is 45.3. The van der Waals surface area contributed by atoms with Crippen molar-refractivity contribution in [3.05, 3.63) is 0 Å². The molecule has 0 radical (unpaired) electrons. The molecule has 2 amide bonds. The van der Waals surface area contributed by atoms with E-state index in [1.165, 1.54) is 244 Å². The van der Waals surface area contributed by atoms with Gasteiger partial charge in [0.05, 0.1) is 32.5 Å². The van der Waals surface area contributed by atoms with Crippen molar-refractivity contribution in [2.45, 2.75) is 572 Å². The Morgan fingerprint density at radius 2 is 0.635 bits per heavy atom. The van der Waals surface area contributed by atoms with E-state index in [1.807, 2.05) is 0 Å². The van der Waals surface area contributed by atoms with Gasteiger partial charge in [0.25, 0.3) is 0 Å². The molecule has 3 N–H and O–H groups in total. The molecule has 16 nitrogen and oxygen atoms in total. The van der Waals surface area contributed by atoms with Crippen LogP contribution in [0.4, 0.5) is 0 Å². The van der Waals surface area contributed by atoms with Crippen LogP contribution in [0.5, 0.6) is 0 Å². The van der Waals surface area contributed by atoms with Gasteiger partial charge >= 0.3 is 23.9 Å². The molecule has 1 aliphatic heterocycles. The topological polar surface area (TPSA) is 211 Å². The van der Waals surface area contributed by atoms with Crippen LogP contribution in [0, 0.1) is 0 Å². The number of unbranched alkanes of at least 4 members (excludes halogenated alkanes) is 54. The zero-order valence-corrected chi connectivity index (χ0v) is 78.3. The Morgan fingerprint density at radius 1 is 0.365 bits per heavy atom. The zero-order valence-electron chi connectivity index (χ0n) is 77.3. The molecule has 8 atom stereocenters. The van der Waals surface area contributed by atoms with Gasteiger partial charge in [0.15, 0.2) is 20.7 Å². The lowest BCUT2D eigenvalue weighted by atomic mass is 9.96. The SMILES string of the molecule is CCCCCCCCCCCCCC(=O)O[C@H](CCCCCCCCCCC)CC(=O)NCCO[C@@H]1O[C@H](CO[Si](C)(C)C(C)(C)C)[C@@H](O)[C@H](OC(=O)C[C@@H](CCCCCCCCCCC)OC(=O)CCCCCCCCCCCCC)[C@H]1NC(=O)C[C@@H](CCCCCCCCCCC)OC(=O)CCCCCCCCCCCCC. The summed E-state index contributed by atoms with van der Waals surface area (Å²) in [5, 5.41) is 18.7. The minimum Gasteiger partial charge on any atom is -0.462 e. The number of esters is 4. The van der Waals surface area contributed by atoms with Crippen LogP contribution in [-0.2, 0) is 61.6 Å². The highest BCUT2D eigenvalue weighted by molar-refractivity contribution is 6.74. The molecular formula is C98H188N2O14Si. The molecule has 0 spiro atoms. The van der Waals surface area contributed by atoms with Gasteiger partial charge in [0, 0.05) is 25.8 Å². The van der Waals surface area contributed by atoms with Gasteiger partial charge < -0.3 is 48.6 Å². The molecule has 0 aromatic heterocycles. The molecule has 0 unspecified atom stereocenters. The average molecular weight is 1650 g/mol. The van der Waals surface area contributed by atoms with Gasteiger partial charge in [-0.2, -0.15) is 0 Å². The molecule has 1 heterocycles. The molecule has 1 aliphatic rings. The first-order valence-electron chi connectivity index (χ1n) is 49.7. The van der Waals surface area contributed by atoms with E-state index in [0.717, 1.165) is 128 Å². The Balaban J connectivity index is 3.76. The van der Waals surface area contributed by atoms with Gasteiger partial charge in [-0.25, -0.2) is 0 Å². The van der Waals surface area contributed by atoms with Crippen LogP contribution in [0.1, 0.15) is 505 Å². The summed E-state index contributed by atoms with van der Waals surface area (Å²) in [5.74, 6) is -2.44. The lowest BCUT2D eigenvalue weighted by molar-refractivity contribution is -0.272. The van der Waals surface area contributed by atoms with Crippen LogP contribution >= 0.6 is 0 Å². The predicted molar refractivity (Wildman–Crippen MR) is 481 cm³/mol. The monoisotopic (exact) mass is 1650 g/mol. The van der Waals surface area contributed by atoms with E-state index in [0.29, 0.717) is 38.5 Å². The quantitative estimate of drug-likeness (QED) is 0.0224. The lowest BCUT2D eigenvalue weighted by Gasteiger charge is -2.45. The maximum Gasteiger partial charge on any atom is 0.310 e. The minimum atomic E-state index is -2.50. The summed E-state index contributed by atoms with van der Waals surface area (Å²) in [4.78, 5) is 85.3. The molecule has 0 aliphatic carbocycles. The van der Waals surface area contributed by atoms with Crippen molar-refractivity contribution in [3.8, 4) is 0 Å². The van der Waals surface area contributed by atoms with Gasteiger partial charge in [-0.3, -0.25) is 28.8 Å².